The highest BCUT2D eigenvalue weighted by Gasteiger charge is 2.39. The van der Waals surface area contributed by atoms with Crippen molar-refractivity contribution in [3.05, 3.63) is 23.8 Å². The first-order chi connectivity index (χ1) is 9.19. The van der Waals surface area contributed by atoms with Gasteiger partial charge in [0.1, 0.15) is 0 Å². The van der Waals surface area contributed by atoms with Crippen LogP contribution in [0.15, 0.2) is 18.2 Å². The van der Waals surface area contributed by atoms with E-state index in [0.29, 0.717) is 17.3 Å². The van der Waals surface area contributed by atoms with E-state index in [2.05, 4.69) is 5.32 Å². The first-order valence-electron chi connectivity index (χ1n) is 6.92. The minimum atomic E-state index is -0.380. The number of nitrogen functional groups attached to an aromatic ring is 1. The van der Waals surface area contributed by atoms with Crippen LogP contribution in [0.2, 0.25) is 0 Å². The number of benzene rings is 1. The van der Waals surface area contributed by atoms with Crippen molar-refractivity contribution < 1.29 is 9.53 Å². The average Bonchev–Trinajstić information content (AvgIpc) is 3.02. The normalized spacial score (nSPS) is 28.4. The van der Waals surface area contributed by atoms with E-state index in [4.69, 9.17) is 10.5 Å². The van der Waals surface area contributed by atoms with E-state index in [1.54, 1.807) is 6.07 Å². The molecule has 0 spiro atoms. The summed E-state index contributed by atoms with van der Waals surface area (Å²) in [6.07, 6.45) is 5.26. The largest absolute Gasteiger partial charge is 0.465 e. The van der Waals surface area contributed by atoms with Crippen LogP contribution in [0, 0.1) is 11.8 Å². The lowest BCUT2D eigenvalue weighted by atomic mass is 9.95. The molecule has 4 heteroatoms. The maximum absolute atomic E-state index is 11.6. The Morgan fingerprint density at radius 3 is 2.84 bits per heavy atom. The van der Waals surface area contributed by atoms with Crippen molar-refractivity contribution in [3.8, 4) is 0 Å². The molecule has 0 heterocycles. The van der Waals surface area contributed by atoms with Gasteiger partial charge in [0, 0.05) is 6.04 Å². The van der Waals surface area contributed by atoms with Crippen LogP contribution in [0.5, 0.6) is 0 Å². The topological polar surface area (TPSA) is 64.3 Å². The molecule has 2 bridgehead atoms. The molecule has 3 N–H and O–H groups in total. The Morgan fingerprint density at radius 2 is 2.21 bits per heavy atom. The van der Waals surface area contributed by atoms with Crippen LogP contribution in [0.1, 0.15) is 36.0 Å². The summed E-state index contributed by atoms with van der Waals surface area (Å²) in [6.45, 7) is 0. The van der Waals surface area contributed by atoms with Gasteiger partial charge in [0.15, 0.2) is 0 Å². The third-order valence-corrected chi connectivity index (χ3v) is 4.59. The van der Waals surface area contributed by atoms with Gasteiger partial charge >= 0.3 is 5.97 Å². The third-order valence-electron chi connectivity index (χ3n) is 4.59. The van der Waals surface area contributed by atoms with E-state index >= 15 is 0 Å². The molecule has 0 aliphatic heterocycles. The molecule has 2 saturated carbocycles. The molecule has 0 amide bonds. The second-order valence-corrected chi connectivity index (χ2v) is 5.68. The Hall–Kier alpha value is -1.71. The number of esters is 1. The van der Waals surface area contributed by atoms with Gasteiger partial charge in [-0.25, -0.2) is 4.79 Å². The molecular weight excluding hydrogens is 240 g/mol. The van der Waals surface area contributed by atoms with E-state index in [0.717, 1.165) is 17.5 Å². The molecular formula is C15H20N2O2. The van der Waals surface area contributed by atoms with Crippen LogP contribution < -0.4 is 11.1 Å². The van der Waals surface area contributed by atoms with Gasteiger partial charge in [0.2, 0.25) is 0 Å². The molecule has 0 radical (unpaired) electrons. The predicted octanol–water partition coefficient (Wildman–Crippen LogP) is 2.66. The van der Waals surface area contributed by atoms with Crippen molar-refractivity contribution in [2.75, 3.05) is 18.2 Å². The van der Waals surface area contributed by atoms with Crippen LogP contribution in [-0.4, -0.2) is 19.1 Å². The number of nitrogens with one attached hydrogen (secondary N) is 1. The second-order valence-electron chi connectivity index (χ2n) is 5.68. The quantitative estimate of drug-likeness (QED) is 0.648. The monoisotopic (exact) mass is 260 g/mol. The summed E-state index contributed by atoms with van der Waals surface area (Å²) < 4.78 is 4.74. The molecule has 0 saturated heterocycles. The summed E-state index contributed by atoms with van der Waals surface area (Å²) >= 11 is 0. The van der Waals surface area contributed by atoms with Gasteiger partial charge in [0.25, 0.3) is 0 Å². The number of fused-ring (bicyclic) bond motifs is 2. The fraction of sp³-hybridized carbons (Fsp3) is 0.533. The molecule has 1 aromatic carbocycles. The number of hydrogen-bond donors (Lipinski definition) is 2. The SMILES string of the molecule is COC(=O)c1cccc(NC2CC3CCC2C3)c1N. The van der Waals surface area contributed by atoms with E-state index in [1.807, 2.05) is 12.1 Å². The van der Waals surface area contributed by atoms with Crippen molar-refractivity contribution in [2.45, 2.75) is 31.7 Å². The summed E-state index contributed by atoms with van der Waals surface area (Å²) in [4.78, 5) is 11.6. The summed E-state index contributed by atoms with van der Waals surface area (Å²) in [5.74, 6) is 1.27. The highest BCUT2D eigenvalue weighted by molar-refractivity contribution is 5.98. The highest BCUT2D eigenvalue weighted by atomic mass is 16.5. The lowest BCUT2D eigenvalue weighted by Crippen LogP contribution is -2.26. The molecule has 1 aromatic rings. The second kappa shape index (κ2) is 4.76. The number of nitrogens with two attached hydrogens (primary N) is 1. The first-order valence-corrected chi connectivity index (χ1v) is 6.92. The summed E-state index contributed by atoms with van der Waals surface area (Å²) in [7, 11) is 1.37. The van der Waals surface area contributed by atoms with Gasteiger partial charge in [-0.3, -0.25) is 0 Å². The third kappa shape index (κ3) is 2.15. The van der Waals surface area contributed by atoms with Crippen molar-refractivity contribution >= 4 is 17.3 Å². The molecule has 3 unspecified atom stereocenters. The molecule has 3 atom stereocenters. The lowest BCUT2D eigenvalue weighted by molar-refractivity contribution is 0.0602. The Balaban J connectivity index is 1.79. The van der Waals surface area contributed by atoms with Gasteiger partial charge in [-0.05, 0) is 43.2 Å². The fourth-order valence-electron chi connectivity index (χ4n) is 3.60. The average molecular weight is 260 g/mol. The number of anilines is 2. The molecule has 2 aliphatic carbocycles. The van der Waals surface area contributed by atoms with Crippen LogP contribution >= 0.6 is 0 Å². The Kier molecular flexibility index (Phi) is 3.09. The van der Waals surface area contributed by atoms with E-state index < -0.39 is 0 Å². The van der Waals surface area contributed by atoms with Gasteiger partial charge in [-0.2, -0.15) is 0 Å². The molecule has 0 aromatic heterocycles. The Morgan fingerprint density at radius 1 is 1.37 bits per heavy atom. The lowest BCUT2D eigenvalue weighted by Gasteiger charge is -2.25. The van der Waals surface area contributed by atoms with E-state index in [9.17, 15) is 4.79 Å². The first kappa shape index (κ1) is 12.3. The smallest absolute Gasteiger partial charge is 0.340 e. The number of para-hydroxylation sites is 1. The minimum Gasteiger partial charge on any atom is -0.465 e. The van der Waals surface area contributed by atoms with Gasteiger partial charge in [0.05, 0.1) is 24.0 Å². The van der Waals surface area contributed by atoms with Gasteiger partial charge in [-0.1, -0.05) is 12.5 Å². The van der Waals surface area contributed by atoms with Gasteiger partial charge in [-0.15, -0.1) is 0 Å². The number of carbonyl (C=O) groups excluding carboxylic acids is 1. The zero-order valence-electron chi connectivity index (χ0n) is 11.2. The molecule has 2 aliphatic rings. The summed E-state index contributed by atoms with van der Waals surface area (Å²) in [5, 5.41) is 3.53. The standard InChI is InChI=1S/C15H20N2O2/c1-19-15(18)11-3-2-4-12(14(11)16)17-13-8-9-5-6-10(13)7-9/h2-4,9-10,13,17H,5-8,16H2,1H3. The van der Waals surface area contributed by atoms with E-state index in [-0.39, 0.29) is 5.97 Å². The number of rotatable bonds is 3. The number of hydrogen-bond acceptors (Lipinski definition) is 4. The zero-order chi connectivity index (χ0) is 13.4. The number of methoxy groups -OCH3 is 1. The summed E-state index contributed by atoms with van der Waals surface area (Å²) in [5.41, 5.74) is 7.87. The molecule has 3 rings (SSSR count). The van der Waals surface area contributed by atoms with E-state index in [1.165, 1.54) is 32.8 Å². The molecule has 4 nitrogen and oxygen atoms in total. The minimum absolute atomic E-state index is 0.380. The molecule has 19 heavy (non-hydrogen) atoms. The van der Waals surface area contributed by atoms with Crippen LogP contribution in [0.25, 0.3) is 0 Å². The Labute approximate surface area is 113 Å². The van der Waals surface area contributed by atoms with Crippen molar-refractivity contribution in [2.24, 2.45) is 11.8 Å². The predicted molar refractivity (Wildman–Crippen MR) is 75.1 cm³/mol. The Bertz CT molecular complexity index is 501. The number of carbonyl (C=O) groups is 1. The van der Waals surface area contributed by atoms with Crippen molar-refractivity contribution in [1.29, 1.82) is 0 Å². The van der Waals surface area contributed by atoms with Crippen LogP contribution in [0.3, 0.4) is 0 Å². The molecule has 2 fully saturated rings. The molecule has 102 valence electrons. The highest BCUT2D eigenvalue weighted by Crippen LogP contribution is 2.46. The van der Waals surface area contributed by atoms with Crippen LogP contribution in [0.4, 0.5) is 11.4 Å². The zero-order valence-corrected chi connectivity index (χ0v) is 11.2. The van der Waals surface area contributed by atoms with Crippen molar-refractivity contribution in [3.63, 3.8) is 0 Å². The van der Waals surface area contributed by atoms with Crippen molar-refractivity contribution in [1.82, 2.24) is 0 Å². The maximum atomic E-state index is 11.6. The van der Waals surface area contributed by atoms with Crippen LogP contribution in [-0.2, 0) is 4.74 Å². The van der Waals surface area contributed by atoms with Gasteiger partial charge < -0.3 is 15.8 Å². The summed E-state index contributed by atoms with van der Waals surface area (Å²) in [6, 6.07) is 5.99. The maximum Gasteiger partial charge on any atom is 0.340 e. The fourth-order valence-corrected chi connectivity index (χ4v) is 3.60. The number of ether oxygens (including phenoxy) is 1.